The largest absolute Gasteiger partial charge is 0.378 e. The van der Waals surface area contributed by atoms with Crippen LogP contribution in [0.25, 0.3) is 5.52 Å². The highest BCUT2D eigenvalue weighted by Crippen LogP contribution is 2.27. The molecular weight excluding hydrogens is 296 g/mol. The standard InChI is InChI=1S/C16H20N4O3/c21-15(17-14-10-13-4-1-2-6-20(13)18-14)19-7-9-23-16(11-19)5-3-8-22-12-16/h1-2,4,6,10H,3,5,7-9,11-12H2,(H,17,18,21). The summed E-state index contributed by atoms with van der Waals surface area (Å²) in [5.74, 6) is 0.557. The molecule has 2 fully saturated rings. The third-order valence-electron chi connectivity index (χ3n) is 4.43. The van der Waals surface area contributed by atoms with Crippen molar-refractivity contribution in [3.05, 3.63) is 30.5 Å². The molecule has 0 saturated carbocycles. The van der Waals surface area contributed by atoms with Crippen LogP contribution in [0.15, 0.2) is 30.5 Å². The summed E-state index contributed by atoms with van der Waals surface area (Å²) < 4.78 is 13.2. The van der Waals surface area contributed by atoms with Gasteiger partial charge in [0.1, 0.15) is 5.60 Å². The van der Waals surface area contributed by atoms with E-state index in [9.17, 15) is 4.79 Å². The van der Waals surface area contributed by atoms with Crippen LogP contribution in [0.1, 0.15) is 12.8 Å². The number of rotatable bonds is 1. The maximum Gasteiger partial charge on any atom is 0.323 e. The van der Waals surface area contributed by atoms with Crippen molar-refractivity contribution >= 4 is 17.4 Å². The summed E-state index contributed by atoms with van der Waals surface area (Å²) in [4.78, 5) is 14.3. The van der Waals surface area contributed by atoms with Gasteiger partial charge in [0, 0.05) is 25.4 Å². The summed E-state index contributed by atoms with van der Waals surface area (Å²) in [5, 5.41) is 7.24. The van der Waals surface area contributed by atoms with Crippen LogP contribution in [0.2, 0.25) is 0 Å². The summed E-state index contributed by atoms with van der Waals surface area (Å²) in [6, 6.07) is 7.52. The molecule has 1 atom stereocenters. The van der Waals surface area contributed by atoms with Gasteiger partial charge in [-0.05, 0) is 25.0 Å². The first-order chi connectivity index (χ1) is 11.2. The Morgan fingerprint density at radius 1 is 1.35 bits per heavy atom. The lowest BCUT2D eigenvalue weighted by Gasteiger charge is -2.44. The second-order valence-corrected chi connectivity index (χ2v) is 6.14. The molecule has 2 saturated heterocycles. The lowest BCUT2D eigenvalue weighted by molar-refractivity contribution is -0.159. The minimum absolute atomic E-state index is 0.137. The molecule has 4 rings (SSSR count). The Hall–Kier alpha value is -2.12. The maximum atomic E-state index is 12.5. The molecule has 7 heteroatoms. The maximum absolute atomic E-state index is 12.5. The minimum Gasteiger partial charge on any atom is -0.378 e. The number of fused-ring (bicyclic) bond motifs is 1. The molecule has 1 spiro atoms. The number of ether oxygens (including phenoxy) is 2. The van der Waals surface area contributed by atoms with Crippen molar-refractivity contribution in [3.63, 3.8) is 0 Å². The Bertz CT molecular complexity index is 670. The number of aromatic nitrogens is 2. The highest BCUT2D eigenvalue weighted by atomic mass is 16.5. The molecule has 2 aromatic rings. The van der Waals surface area contributed by atoms with E-state index in [4.69, 9.17) is 9.47 Å². The van der Waals surface area contributed by atoms with Gasteiger partial charge in [-0.1, -0.05) is 6.07 Å². The molecule has 0 radical (unpaired) electrons. The van der Waals surface area contributed by atoms with E-state index in [1.807, 2.05) is 30.5 Å². The summed E-state index contributed by atoms with van der Waals surface area (Å²) >= 11 is 0. The second-order valence-electron chi connectivity index (χ2n) is 6.14. The predicted octanol–water partition coefficient (Wildman–Crippen LogP) is 1.75. The van der Waals surface area contributed by atoms with Crippen LogP contribution >= 0.6 is 0 Å². The number of morpholine rings is 1. The molecule has 7 nitrogen and oxygen atoms in total. The SMILES string of the molecule is O=C(Nc1cc2ccccn2n1)N1CCOC2(CCCOC2)C1. The average Bonchev–Trinajstić information content (AvgIpc) is 2.98. The van der Waals surface area contributed by atoms with Crippen LogP contribution in [0.5, 0.6) is 0 Å². The monoisotopic (exact) mass is 316 g/mol. The zero-order chi connectivity index (χ0) is 15.7. The Morgan fingerprint density at radius 3 is 3.13 bits per heavy atom. The van der Waals surface area contributed by atoms with Crippen LogP contribution in [0.4, 0.5) is 10.6 Å². The number of anilines is 1. The van der Waals surface area contributed by atoms with Gasteiger partial charge in [0.05, 0.1) is 25.3 Å². The Labute approximate surface area is 134 Å². The molecule has 0 aromatic carbocycles. The number of hydrogen-bond donors (Lipinski definition) is 1. The van der Waals surface area contributed by atoms with Gasteiger partial charge in [-0.15, -0.1) is 5.10 Å². The first-order valence-electron chi connectivity index (χ1n) is 7.96. The van der Waals surface area contributed by atoms with Crippen molar-refractivity contribution in [2.45, 2.75) is 18.4 Å². The molecule has 2 amide bonds. The predicted molar refractivity (Wildman–Crippen MR) is 84.5 cm³/mol. The van der Waals surface area contributed by atoms with E-state index in [1.165, 1.54) is 0 Å². The van der Waals surface area contributed by atoms with Crippen molar-refractivity contribution < 1.29 is 14.3 Å². The van der Waals surface area contributed by atoms with Crippen LogP contribution in [-0.2, 0) is 9.47 Å². The van der Waals surface area contributed by atoms with E-state index >= 15 is 0 Å². The van der Waals surface area contributed by atoms with Crippen molar-refractivity contribution in [2.24, 2.45) is 0 Å². The number of nitrogens with zero attached hydrogens (tertiary/aromatic N) is 3. The third kappa shape index (κ3) is 2.89. The normalized spacial score (nSPS) is 25.0. The number of nitrogens with one attached hydrogen (secondary N) is 1. The summed E-state index contributed by atoms with van der Waals surface area (Å²) in [6.45, 7) is 3.03. The Balaban J connectivity index is 1.45. The van der Waals surface area contributed by atoms with Gasteiger partial charge in [0.15, 0.2) is 5.82 Å². The van der Waals surface area contributed by atoms with Gasteiger partial charge in [0.2, 0.25) is 0 Å². The lowest BCUT2D eigenvalue weighted by Crippen LogP contribution is -2.58. The first-order valence-corrected chi connectivity index (χ1v) is 7.96. The van der Waals surface area contributed by atoms with Crippen molar-refractivity contribution in [3.8, 4) is 0 Å². The van der Waals surface area contributed by atoms with Crippen LogP contribution in [-0.4, -0.2) is 59.1 Å². The highest BCUT2D eigenvalue weighted by molar-refractivity contribution is 5.89. The van der Waals surface area contributed by atoms with Crippen molar-refractivity contribution in [2.75, 3.05) is 38.2 Å². The van der Waals surface area contributed by atoms with Crippen LogP contribution in [0.3, 0.4) is 0 Å². The topological polar surface area (TPSA) is 68.1 Å². The van der Waals surface area contributed by atoms with Gasteiger partial charge >= 0.3 is 6.03 Å². The average molecular weight is 316 g/mol. The molecule has 1 unspecified atom stereocenters. The highest BCUT2D eigenvalue weighted by Gasteiger charge is 2.40. The fraction of sp³-hybridized carbons (Fsp3) is 0.500. The Morgan fingerprint density at radius 2 is 2.30 bits per heavy atom. The minimum atomic E-state index is -0.341. The van der Waals surface area contributed by atoms with Crippen LogP contribution in [0, 0.1) is 0 Å². The number of urea groups is 1. The van der Waals surface area contributed by atoms with Crippen molar-refractivity contribution in [1.82, 2.24) is 14.5 Å². The van der Waals surface area contributed by atoms with E-state index in [0.29, 0.717) is 32.1 Å². The summed E-state index contributed by atoms with van der Waals surface area (Å²) in [6.07, 6.45) is 3.77. The number of pyridine rings is 1. The molecule has 23 heavy (non-hydrogen) atoms. The molecule has 2 aliphatic heterocycles. The molecule has 4 heterocycles. The fourth-order valence-electron chi connectivity index (χ4n) is 3.27. The van der Waals surface area contributed by atoms with Crippen molar-refractivity contribution in [1.29, 1.82) is 0 Å². The van der Waals surface area contributed by atoms with Crippen LogP contribution < -0.4 is 5.32 Å². The molecule has 2 aromatic heterocycles. The molecule has 122 valence electrons. The number of hydrogen-bond acceptors (Lipinski definition) is 4. The third-order valence-corrected chi connectivity index (χ3v) is 4.43. The van der Waals surface area contributed by atoms with E-state index in [0.717, 1.165) is 25.0 Å². The lowest BCUT2D eigenvalue weighted by atomic mass is 9.94. The summed E-state index contributed by atoms with van der Waals surface area (Å²) in [7, 11) is 0. The van der Waals surface area contributed by atoms with E-state index in [2.05, 4.69) is 10.4 Å². The number of carbonyl (C=O) groups is 1. The fourth-order valence-corrected chi connectivity index (χ4v) is 3.27. The van der Waals surface area contributed by atoms with Gasteiger partial charge in [-0.2, -0.15) is 0 Å². The smallest absolute Gasteiger partial charge is 0.323 e. The molecule has 0 bridgehead atoms. The first kappa shape index (κ1) is 14.5. The molecule has 0 aliphatic carbocycles. The van der Waals surface area contributed by atoms with E-state index in [-0.39, 0.29) is 11.6 Å². The van der Waals surface area contributed by atoms with E-state index < -0.39 is 0 Å². The van der Waals surface area contributed by atoms with Gasteiger partial charge in [0.25, 0.3) is 0 Å². The van der Waals surface area contributed by atoms with E-state index in [1.54, 1.807) is 9.42 Å². The number of carbonyl (C=O) groups excluding carboxylic acids is 1. The second kappa shape index (κ2) is 5.82. The Kier molecular flexibility index (Phi) is 3.66. The summed E-state index contributed by atoms with van der Waals surface area (Å²) in [5.41, 5.74) is 0.606. The number of amides is 2. The molecular formula is C16H20N4O3. The van der Waals surface area contributed by atoms with Gasteiger partial charge in [-0.3, -0.25) is 5.32 Å². The van der Waals surface area contributed by atoms with Gasteiger partial charge in [-0.25, -0.2) is 9.31 Å². The zero-order valence-corrected chi connectivity index (χ0v) is 12.9. The molecule has 1 N–H and O–H groups in total. The molecule has 2 aliphatic rings. The van der Waals surface area contributed by atoms with Gasteiger partial charge < -0.3 is 14.4 Å². The quantitative estimate of drug-likeness (QED) is 0.870. The zero-order valence-electron chi connectivity index (χ0n) is 12.9.